The maximum atomic E-state index is 4.62. The van der Waals surface area contributed by atoms with E-state index >= 15 is 0 Å². The van der Waals surface area contributed by atoms with Crippen LogP contribution in [0.3, 0.4) is 0 Å². The molecule has 1 heteroatoms. The number of benzene rings is 1. The van der Waals surface area contributed by atoms with Crippen LogP contribution in [0.25, 0.3) is 6.08 Å². The van der Waals surface area contributed by atoms with Crippen molar-refractivity contribution < 1.29 is 0 Å². The maximum absolute atomic E-state index is 4.62. The minimum Gasteiger partial charge on any atom is -0.257 e. The Balaban J connectivity index is 0.000000686. The van der Waals surface area contributed by atoms with Gasteiger partial charge in [0.05, 0.1) is 5.69 Å². The van der Waals surface area contributed by atoms with E-state index in [4.69, 9.17) is 0 Å². The quantitative estimate of drug-likeness (QED) is 0.677. The first-order chi connectivity index (χ1) is 8.35. The molecule has 0 spiro atoms. The molecule has 1 aliphatic heterocycles. The monoisotopic (exact) mass is 229 g/mol. The Labute approximate surface area is 105 Å². The van der Waals surface area contributed by atoms with E-state index in [1.54, 1.807) is 0 Å². The third kappa shape index (κ3) is 3.29. The van der Waals surface area contributed by atoms with Gasteiger partial charge in [-0.3, -0.25) is 4.99 Å². The van der Waals surface area contributed by atoms with E-state index in [0.29, 0.717) is 0 Å². The highest BCUT2D eigenvalue weighted by molar-refractivity contribution is 5.95. The first-order valence-corrected chi connectivity index (χ1v) is 6.70. The van der Waals surface area contributed by atoms with Gasteiger partial charge in [-0.15, -0.1) is 0 Å². The molecule has 1 aliphatic rings. The van der Waals surface area contributed by atoms with Crippen LogP contribution < -0.4 is 0 Å². The van der Waals surface area contributed by atoms with Crippen LogP contribution in [0.15, 0.2) is 29.3 Å². The molecule has 0 aliphatic carbocycles. The molecule has 0 fully saturated rings. The van der Waals surface area contributed by atoms with Gasteiger partial charge in [-0.25, -0.2) is 0 Å². The van der Waals surface area contributed by atoms with Gasteiger partial charge in [-0.1, -0.05) is 52.0 Å². The van der Waals surface area contributed by atoms with Gasteiger partial charge >= 0.3 is 0 Å². The molecule has 1 heterocycles. The van der Waals surface area contributed by atoms with E-state index in [-0.39, 0.29) is 0 Å². The highest BCUT2D eigenvalue weighted by Crippen LogP contribution is 2.30. The maximum Gasteiger partial charge on any atom is 0.0670 e. The molecule has 0 saturated heterocycles. The summed E-state index contributed by atoms with van der Waals surface area (Å²) in [5.41, 5.74) is 5.22. The molecule has 1 aromatic rings. The van der Waals surface area contributed by atoms with Crippen LogP contribution in [0.5, 0.6) is 0 Å². The van der Waals surface area contributed by atoms with Crippen LogP contribution in [0.1, 0.15) is 51.7 Å². The number of rotatable bonds is 3. The summed E-state index contributed by atoms with van der Waals surface area (Å²) in [6.07, 6.45) is 7.61. The first kappa shape index (κ1) is 13.7. The van der Waals surface area contributed by atoms with Gasteiger partial charge < -0.3 is 0 Å². The second kappa shape index (κ2) is 7.05. The normalized spacial score (nSPS) is 13.1. The standard InChI is InChI=1S/C14H17N.C2H6/c1-3-5-7-11-8-6-9-14-13(11)10-12(4-2)15-14;1-2/h5-9H,3-4,10H2,1-2H3;1-2H3/b7-5-;. The van der Waals surface area contributed by atoms with Crippen molar-refractivity contribution in [1.29, 1.82) is 0 Å². The van der Waals surface area contributed by atoms with E-state index in [0.717, 1.165) is 19.3 Å². The van der Waals surface area contributed by atoms with E-state index in [1.807, 2.05) is 13.8 Å². The first-order valence-electron chi connectivity index (χ1n) is 6.70. The summed E-state index contributed by atoms with van der Waals surface area (Å²) in [5, 5.41) is 0. The summed E-state index contributed by atoms with van der Waals surface area (Å²) in [7, 11) is 0. The number of aliphatic imine (C=N–C) groups is 1. The van der Waals surface area contributed by atoms with Crippen molar-refractivity contribution in [1.82, 2.24) is 0 Å². The van der Waals surface area contributed by atoms with E-state index < -0.39 is 0 Å². The van der Waals surface area contributed by atoms with Crippen molar-refractivity contribution in [3.05, 3.63) is 35.4 Å². The predicted octanol–water partition coefficient (Wildman–Crippen LogP) is 5.17. The molecule has 0 radical (unpaired) electrons. The molecule has 0 amide bonds. The number of hydrogen-bond donors (Lipinski definition) is 0. The third-order valence-electron chi connectivity index (χ3n) is 2.79. The van der Waals surface area contributed by atoms with Crippen LogP contribution in [0.2, 0.25) is 0 Å². The summed E-state index contributed by atoms with van der Waals surface area (Å²) in [4.78, 5) is 4.62. The van der Waals surface area contributed by atoms with E-state index in [9.17, 15) is 0 Å². The Bertz CT molecular complexity index is 414. The van der Waals surface area contributed by atoms with Crippen molar-refractivity contribution >= 4 is 17.5 Å². The van der Waals surface area contributed by atoms with Crippen LogP contribution in [0.4, 0.5) is 5.69 Å². The average molecular weight is 229 g/mol. The van der Waals surface area contributed by atoms with Gasteiger partial charge in [0.25, 0.3) is 0 Å². The zero-order valence-electron chi connectivity index (χ0n) is 11.5. The fourth-order valence-electron chi connectivity index (χ4n) is 1.91. The molecule has 0 N–H and O–H groups in total. The topological polar surface area (TPSA) is 12.4 Å². The molecule has 1 aromatic carbocycles. The molecule has 1 nitrogen and oxygen atoms in total. The Kier molecular flexibility index (Phi) is 5.68. The van der Waals surface area contributed by atoms with E-state index in [2.05, 4.69) is 49.2 Å². The Morgan fingerprint density at radius 3 is 2.65 bits per heavy atom. The van der Waals surface area contributed by atoms with Crippen molar-refractivity contribution in [2.45, 2.75) is 47.0 Å². The van der Waals surface area contributed by atoms with Gasteiger partial charge in [-0.05, 0) is 30.0 Å². The van der Waals surface area contributed by atoms with Crippen LogP contribution >= 0.6 is 0 Å². The fourth-order valence-corrected chi connectivity index (χ4v) is 1.91. The molecular weight excluding hydrogens is 206 g/mol. The SMILES string of the molecule is CC.CC/C=C\c1cccc2c1CC(CC)=N2. The number of fused-ring (bicyclic) bond motifs is 1. The number of allylic oxidation sites excluding steroid dienone is 1. The Morgan fingerprint density at radius 2 is 2.00 bits per heavy atom. The lowest BCUT2D eigenvalue weighted by molar-refractivity contribution is 1.22. The van der Waals surface area contributed by atoms with Crippen LogP contribution in [-0.4, -0.2) is 5.71 Å². The molecule has 2 rings (SSSR count). The average Bonchev–Trinajstić information content (AvgIpc) is 2.82. The summed E-state index contributed by atoms with van der Waals surface area (Å²) >= 11 is 0. The molecule has 17 heavy (non-hydrogen) atoms. The van der Waals surface area contributed by atoms with Crippen molar-refractivity contribution in [3.8, 4) is 0 Å². The van der Waals surface area contributed by atoms with Crippen LogP contribution in [0, 0.1) is 0 Å². The molecular formula is C16H23N. The van der Waals surface area contributed by atoms with Gasteiger partial charge in [0.15, 0.2) is 0 Å². The minimum absolute atomic E-state index is 1.04. The fraction of sp³-hybridized carbons (Fsp3) is 0.438. The van der Waals surface area contributed by atoms with E-state index in [1.165, 1.54) is 22.5 Å². The minimum atomic E-state index is 1.04. The van der Waals surface area contributed by atoms with Crippen molar-refractivity contribution in [2.75, 3.05) is 0 Å². The zero-order chi connectivity index (χ0) is 12.7. The summed E-state index contributed by atoms with van der Waals surface area (Å²) in [6, 6.07) is 6.39. The Morgan fingerprint density at radius 1 is 1.24 bits per heavy atom. The van der Waals surface area contributed by atoms with Crippen molar-refractivity contribution in [3.63, 3.8) is 0 Å². The predicted molar refractivity (Wildman–Crippen MR) is 78.2 cm³/mol. The lowest BCUT2D eigenvalue weighted by atomic mass is 10.0. The second-order valence-corrected chi connectivity index (χ2v) is 3.86. The van der Waals surface area contributed by atoms with Gasteiger partial charge in [0.1, 0.15) is 0 Å². The molecule has 0 bridgehead atoms. The third-order valence-corrected chi connectivity index (χ3v) is 2.79. The number of nitrogens with zero attached hydrogens (tertiary/aromatic N) is 1. The molecule has 0 unspecified atom stereocenters. The highest BCUT2D eigenvalue weighted by Gasteiger charge is 2.14. The molecule has 0 saturated carbocycles. The lowest BCUT2D eigenvalue weighted by Gasteiger charge is -2.02. The molecule has 92 valence electrons. The molecule has 0 aromatic heterocycles. The second-order valence-electron chi connectivity index (χ2n) is 3.86. The zero-order valence-corrected chi connectivity index (χ0v) is 11.5. The summed E-state index contributed by atoms with van der Waals surface area (Å²) < 4.78 is 0. The smallest absolute Gasteiger partial charge is 0.0670 e. The number of hydrogen-bond acceptors (Lipinski definition) is 1. The van der Waals surface area contributed by atoms with Gasteiger partial charge in [-0.2, -0.15) is 0 Å². The summed E-state index contributed by atoms with van der Waals surface area (Å²) in [5.74, 6) is 0. The highest BCUT2D eigenvalue weighted by atomic mass is 14.8. The Hall–Kier alpha value is -1.37. The van der Waals surface area contributed by atoms with Gasteiger partial charge in [0, 0.05) is 12.1 Å². The van der Waals surface area contributed by atoms with Gasteiger partial charge in [0.2, 0.25) is 0 Å². The largest absolute Gasteiger partial charge is 0.257 e. The molecule has 0 atom stereocenters. The summed E-state index contributed by atoms with van der Waals surface area (Å²) in [6.45, 7) is 8.33. The van der Waals surface area contributed by atoms with Crippen molar-refractivity contribution in [2.24, 2.45) is 4.99 Å². The lowest BCUT2D eigenvalue weighted by Crippen LogP contribution is -1.95. The van der Waals surface area contributed by atoms with Crippen LogP contribution in [-0.2, 0) is 6.42 Å².